The third-order valence-corrected chi connectivity index (χ3v) is 1.13. The van der Waals surface area contributed by atoms with Crippen molar-refractivity contribution in [3.05, 3.63) is 24.0 Å². The van der Waals surface area contributed by atoms with Crippen molar-refractivity contribution in [1.29, 1.82) is 0 Å². The fraction of sp³-hybridized carbons (Fsp3) is 0.375. The molecular weight excluding hydrogens is 142 g/mol. The first-order chi connectivity index (χ1) is 8.46. The lowest BCUT2D eigenvalue weighted by Crippen LogP contribution is -2.24. The number of nitrogens with zero attached hydrogens (tertiary/aromatic N) is 1. The van der Waals surface area contributed by atoms with Gasteiger partial charge in [-0.2, -0.15) is 0 Å². The summed E-state index contributed by atoms with van der Waals surface area (Å²) >= 11 is 0. The summed E-state index contributed by atoms with van der Waals surface area (Å²) in [4.78, 5) is 3.27. The lowest BCUT2D eigenvalue weighted by Gasteiger charge is -2.25. The van der Waals surface area contributed by atoms with Gasteiger partial charge in [0, 0.05) is 13.4 Å². The molecule has 1 aliphatic rings. The SMILES string of the molecule is [2H]c1nc([2H])c(C2([2H])C([2H])([2H])OC2([2H])[2H])c([2H])c1O. The van der Waals surface area contributed by atoms with Gasteiger partial charge in [0.25, 0.3) is 0 Å². The standard InChI is InChI=1S/C8H9NO2/c10-8-1-6(2-9-3-8)7-4-11-5-7/h1-3,7,10H,4-5H2/i1D,2D,3D,4D2,5D2,7D. The molecule has 0 spiro atoms. The van der Waals surface area contributed by atoms with Gasteiger partial charge in [-0.15, -0.1) is 0 Å². The van der Waals surface area contributed by atoms with Crippen molar-refractivity contribution in [3.8, 4) is 5.75 Å². The van der Waals surface area contributed by atoms with E-state index in [1.165, 1.54) is 0 Å². The maximum absolute atomic E-state index is 9.45. The van der Waals surface area contributed by atoms with E-state index in [1.807, 2.05) is 0 Å². The second-order valence-electron chi connectivity index (χ2n) is 1.87. The first kappa shape index (κ1) is 2.20. The molecule has 0 saturated carbocycles. The molecule has 11 heavy (non-hydrogen) atoms. The Morgan fingerprint density at radius 1 is 1.82 bits per heavy atom. The third kappa shape index (κ3) is 1.19. The average Bonchev–Trinajstić information content (AvgIpc) is 2.24. The Morgan fingerprint density at radius 2 is 2.64 bits per heavy atom. The number of aromatic hydroxyl groups is 1. The molecule has 3 nitrogen and oxygen atoms in total. The zero-order valence-corrected chi connectivity index (χ0v) is 5.30. The highest BCUT2D eigenvalue weighted by Crippen LogP contribution is 2.24. The Bertz CT molecular complexity index is 546. The van der Waals surface area contributed by atoms with Gasteiger partial charge in [0.05, 0.1) is 28.9 Å². The number of aromatic nitrogens is 1. The minimum Gasteiger partial charge on any atom is -0.506 e. The molecule has 0 aliphatic carbocycles. The second kappa shape index (κ2) is 2.51. The summed E-state index contributed by atoms with van der Waals surface area (Å²) in [5.41, 5.74) is -0.748. The predicted molar refractivity (Wildman–Crippen MR) is 39.5 cm³/mol. The topological polar surface area (TPSA) is 42.4 Å². The first-order valence-corrected chi connectivity index (χ1v) is 2.83. The van der Waals surface area contributed by atoms with Crippen LogP contribution in [-0.2, 0) is 4.74 Å². The zero-order valence-electron chi connectivity index (χ0n) is 13.3. The highest BCUT2D eigenvalue weighted by molar-refractivity contribution is 5.26. The van der Waals surface area contributed by atoms with Crippen molar-refractivity contribution < 1.29 is 20.8 Å². The monoisotopic (exact) mass is 159 g/mol. The summed E-state index contributed by atoms with van der Waals surface area (Å²) in [6, 6.07) is -0.865. The molecule has 0 radical (unpaired) electrons. The van der Waals surface area contributed by atoms with Gasteiger partial charge < -0.3 is 9.84 Å². The van der Waals surface area contributed by atoms with E-state index in [1.54, 1.807) is 0 Å². The molecule has 2 rings (SSSR count). The molecule has 3 heteroatoms. The maximum Gasteiger partial charge on any atom is 0.134 e. The summed E-state index contributed by atoms with van der Waals surface area (Å²) < 4.78 is 64.3. The van der Waals surface area contributed by atoms with Crippen LogP contribution in [0.3, 0.4) is 0 Å². The van der Waals surface area contributed by atoms with Gasteiger partial charge in [0.15, 0.2) is 0 Å². The molecule has 1 aliphatic heterocycles. The van der Waals surface area contributed by atoms with E-state index >= 15 is 0 Å². The maximum atomic E-state index is 9.45. The second-order valence-corrected chi connectivity index (χ2v) is 1.87. The molecule has 0 amide bonds. The van der Waals surface area contributed by atoms with Crippen LogP contribution in [0.4, 0.5) is 0 Å². The van der Waals surface area contributed by atoms with E-state index < -0.39 is 48.7 Å². The largest absolute Gasteiger partial charge is 0.506 e. The Balaban J connectivity index is 2.75. The minimum atomic E-state index is -2.78. The molecule has 2 heterocycles. The highest BCUT2D eigenvalue weighted by Gasteiger charge is 2.20. The van der Waals surface area contributed by atoms with E-state index in [-0.39, 0.29) is 0 Å². The van der Waals surface area contributed by atoms with Crippen LogP contribution >= 0.6 is 0 Å². The molecule has 0 unspecified atom stereocenters. The predicted octanol–water partition coefficient (Wildman–Crippen LogP) is 0.901. The van der Waals surface area contributed by atoms with Crippen LogP contribution in [0.2, 0.25) is 0 Å². The van der Waals surface area contributed by atoms with Gasteiger partial charge in [-0.3, -0.25) is 4.98 Å². The summed E-state index contributed by atoms with van der Waals surface area (Å²) in [6.07, 6.45) is -1.57. The molecule has 1 aromatic heterocycles. The Morgan fingerprint density at radius 3 is 3.36 bits per heavy atom. The van der Waals surface area contributed by atoms with E-state index in [0.717, 1.165) is 0 Å². The lowest BCUT2D eigenvalue weighted by atomic mass is 10.00. The number of hydrogen-bond acceptors (Lipinski definition) is 3. The van der Waals surface area contributed by atoms with Gasteiger partial charge in [0.1, 0.15) is 5.75 Å². The van der Waals surface area contributed by atoms with Gasteiger partial charge in [0.2, 0.25) is 0 Å². The summed E-state index contributed by atoms with van der Waals surface area (Å²) in [5, 5.41) is 9.45. The van der Waals surface area contributed by atoms with Crippen molar-refractivity contribution in [1.82, 2.24) is 4.98 Å². The van der Waals surface area contributed by atoms with Gasteiger partial charge in [-0.25, -0.2) is 0 Å². The highest BCUT2D eigenvalue weighted by atomic mass is 16.5. The van der Waals surface area contributed by atoms with E-state index in [9.17, 15) is 5.11 Å². The van der Waals surface area contributed by atoms with Crippen LogP contribution in [0, 0.1) is 0 Å². The van der Waals surface area contributed by atoms with Gasteiger partial charge >= 0.3 is 0 Å². The van der Waals surface area contributed by atoms with Crippen LogP contribution in [0.15, 0.2) is 18.4 Å². The van der Waals surface area contributed by atoms with Crippen molar-refractivity contribution in [2.24, 2.45) is 0 Å². The molecule has 1 N–H and O–H groups in total. The molecule has 0 bridgehead atoms. The number of rotatable bonds is 1. The Labute approximate surface area is 75.9 Å². The van der Waals surface area contributed by atoms with E-state index in [2.05, 4.69) is 9.72 Å². The molecule has 1 saturated heterocycles. The summed E-state index contributed by atoms with van der Waals surface area (Å²) in [5.74, 6) is -3.65. The summed E-state index contributed by atoms with van der Waals surface area (Å²) in [6.45, 7) is -5.56. The van der Waals surface area contributed by atoms with Crippen molar-refractivity contribution in [3.63, 3.8) is 0 Å². The first-order valence-electron chi connectivity index (χ1n) is 6.83. The lowest BCUT2D eigenvalue weighted by molar-refractivity contribution is 0.00822. The van der Waals surface area contributed by atoms with Gasteiger partial charge in [-0.05, 0) is 11.6 Å². The average molecular weight is 159 g/mol. The van der Waals surface area contributed by atoms with Crippen molar-refractivity contribution in [2.75, 3.05) is 13.1 Å². The molecule has 1 aromatic rings. The molecule has 0 atom stereocenters. The smallest absolute Gasteiger partial charge is 0.134 e. The third-order valence-electron chi connectivity index (χ3n) is 1.13. The van der Waals surface area contributed by atoms with E-state index in [4.69, 9.17) is 11.0 Å². The van der Waals surface area contributed by atoms with Crippen molar-refractivity contribution >= 4 is 0 Å². The fourth-order valence-corrected chi connectivity index (χ4v) is 0.634. The van der Waals surface area contributed by atoms with Crippen LogP contribution in [0.1, 0.15) is 22.4 Å². The number of ether oxygens (including phenoxy) is 1. The summed E-state index contributed by atoms with van der Waals surface area (Å²) in [7, 11) is 0. The zero-order chi connectivity index (χ0) is 14.8. The minimum absolute atomic E-state index is 0.748. The molecular formula is C8H9NO2. The van der Waals surface area contributed by atoms with Crippen LogP contribution in [0.25, 0.3) is 0 Å². The number of pyridine rings is 1. The normalized spacial score (nSPS) is 40.4. The Hall–Kier alpha value is -1.09. The molecule has 58 valence electrons. The van der Waals surface area contributed by atoms with Crippen LogP contribution in [-0.4, -0.2) is 23.2 Å². The van der Waals surface area contributed by atoms with Crippen molar-refractivity contribution in [2.45, 2.75) is 5.89 Å². The quantitative estimate of drug-likeness (QED) is 0.662. The van der Waals surface area contributed by atoms with E-state index in [0.29, 0.717) is 0 Å². The Kier molecular flexibility index (Phi) is 0.502. The fourth-order valence-electron chi connectivity index (χ4n) is 0.634. The molecule has 0 aromatic carbocycles. The van der Waals surface area contributed by atoms with Gasteiger partial charge in [-0.1, -0.05) is 0 Å². The molecule has 1 fully saturated rings. The number of hydrogen-bond donors (Lipinski definition) is 1. The van der Waals surface area contributed by atoms with Crippen LogP contribution < -0.4 is 0 Å². The van der Waals surface area contributed by atoms with Crippen LogP contribution in [0.5, 0.6) is 5.75 Å².